The van der Waals surface area contributed by atoms with E-state index < -0.39 is 0 Å². The van der Waals surface area contributed by atoms with Gasteiger partial charge in [-0.25, -0.2) is 0 Å². The Labute approximate surface area is 129 Å². The van der Waals surface area contributed by atoms with Gasteiger partial charge in [0.25, 0.3) is 5.91 Å². The molecule has 21 heavy (non-hydrogen) atoms. The second-order valence-corrected chi connectivity index (χ2v) is 4.74. The Morgan fingerprint density at radius 1 is 1.24 bits per heavy atom. The first kappa shape index (κ1) is 15.2. The second-order valence-electron chi connectivity index (χ2n) is 4.33. The molecule has 4 nitrogen and oxygen atoms in total. The molecule has 2 rings (SSSR count). The van der Waals surface area contributed by atoms with Crippen LogP contribution in [0.15, 0.2) is 42.5 Å². The van der Waals surface area contributed by atoms with Gasteiger partial charge in [0, 0.05) is 18.4 Å². The van der Waals surface area contributed by atoms with Gasteiger partial charge in [0.05, 0.1) is 17.2 Å². The SMILES string of the molecule is CCOc1ccc(NC(=O)c2ccccc2NC)cc1Cl. The summed E-state index contributed by atoms with van der Waals surface area (Å²) in [5, 5.41) is 6.29. The number of hydrogen-bond donors (Lipinski definition) is 2. The normalized spacial score (nSPS) is 10.0. The summed E-state index contributed by atoms with van der Waals surface area (Å²) in [6.45, 7) is 2.43. The smallest absolute Gasteiger partial charge is 0.257 e. The molecule has 0 aliphatic heterocycles. The average molecular weight is 305 g/mol. The van der Waals surface area contributed by atoms with Gasteiger partial charge >= 0.3 is 0 Å². The van der Waals surface area contributed by atoms with Crippen molar-refractivity contribution in [2.75, 3.05) is 24.3 Å². The van der Waals surface area contributed by atoms with Crippen LogP contribution in [-0.4, -0.2) is 19.6 Å². The van der Waals surface area contributed by atoms with E-state index in [1.807, 2.05) is 25.1 Å². The van der Waals surface area contributed by atoms with E-state index in [0.717, 1.165) is 5.69 Å². The van der Waals surface area contributed by atoms with Gasteiger partial charge in [-0.05, 0) is 37.3 Å². The third-order valence-electron chi connectivity index (χ3n) is 2.93. The van der Waals surface area contributed by atoms with Crippen molar-refractivity contribution < 1.29 is 9.53 Å². The number of halogens is 1. The number of carbonyl (C=O) groups excluding carboxylic acids is 1. The molecular formula is C16H17ClN2O2. The van der Waals surface area contributed by atoms with Gasteiger partial charge in [0.1, 0.15) is 5.75 Å². The number of para-hydroxylation sites is 1. The van der Waals surface area contributed by atoms with Crippen LogP contribution < -0.4 is 15.4 Å². The molecule has 2 aromatic carbocycles. The van der Waals surface area contributed by atoms with Crippen molar-refractivity contribution in [3.05, 3.63) is 53.1 Å². The van der Waals surface area contributed by atoms with E-state index in [-0.39, 0.29) is 5.91 Å². The third-order valence-corrected chi connectivity index (χ3v) is 3.23. The molecule has 0 heterocycles. The highest BCUT2D eigenvalue weighted by Crippen LogP contribution is 2.28. The Morgan fingerprint density at radius 3 is 2.67 bits per heavy atom. The van der Waals surface area contributed by atoms with Crippen LogP contribution >= 0.6 is 11.6 Å². The molecule has 0 aliphatic rings. The van der Waals surface area contributed by atoms with Gasteiger partial charge in [-0.2, -0.15) is 0 Å². The Kier molecular flexibility index (Phi) is 5.06. The first-order chi connectivity index (χ1) is 10.2. The Balaban J connectivity index is 2.18. The van der Waals surface area contributed by atoms with Crippen LogP contribution in [0.2, 0.25) is 5.02 Å². The fourth-order valence-corrected chi connectivity index (χ4v) is 2.18. The van der Waals surface area contributed by atoms with Crippen LogP contribution in [0.3, 0.4) is 0 Å². The fourth-order valence-electron chi connectivity index (χ4n) is 1.95. The van der Waals surface area contributed by atoms with E-state index >= 15 is 0 Å². The highest BCUT2D eigenvalue weighted by atomic mass is 35.5. The largest absolute Gasteiger partial charge is 0.492 e. The van der Waals surface area contributed by atoms with Crippen LogP contribution in [0.5, 0.6) is 5.75 Å². The number of anilines is 2. The Bertz CT molecular complexity index is 644. The Morgan fingerprint density at radius 2 is 2.00 bits per heavy atom. The molecule has 0 unspecified atom stereocenters. The molecule has 0 atom stereocenters. The molecule has 2 N–H and O–H groups in total. The molecule has 1 amide bonds. The minimum Gasteiger partial charge on any atom is -0.492 e. The van der Waals surface area contributed by atoms with Crippen LogP contribution in [0.25, 0.3) is 0 Å². The summed E-state index contributed by atoms with van der Waals surface area (Å²) >= 11 is 6.11. The quantitative estimate of drug-likeness (QED) is 0.876. The van der Waals surface area contributed by atoms with Crippen LogP contribution in [0.4, 0.5) is 11.4 Å². The monoisotopic (exact) mass is 304 g/mol. The standard InChI is InChI=1S/C16H17ClN2O2/c1-3-21-15-9-8-11(10-13(15)17)19-16(20)12-6-4-5-7-14(12)18-2/h4-10,18H,3H2,1-2H3,(H,19,20). The molecule has 0 saturated carbocycles. The summed E-state index contributed by atoms with van der Waals surface area (Å²) in [5.41, 5.74) is 1.97. The van der Waals surface area contributed by atoms with Crippen LogP contribution in [0.1, 0.15) is 17.3 Å². The zero-order chi connectivity index (χ0) is 15.2. The number of ether oxygens (including phenoxy) is 1. The van der Waals surface area contributed by atoms with Gasteiger partial charge in [-0.3, -0.25) is 4.79 Å². The first-order valence-electron chi connectivity index (χ1n) is 6.66. The molecule has 0 radical (unpaired) electrons. The summed E-state index contributed by atoms with van der Waals surface area (Å²) in [6.07, 6.45) is 0. The van der Waals surface area contributed by atoms with Gasteiger partial charge < -0.3 is 15.4 Å². The fraction of sp³-hybridized carbons (Fsp3) is 0.188. The van der Waals surface area contributed by atoms with E-state index in [0.29, 0.717) is 28.6 Å². The Hall–Kier alpha value is -2.20. The third kappa shape index (κ3) is 3.67. The summed E-state index contributed by atoms with van der Waals surface area (Å²) in [5.74, 6) is 0.410. The van der Waals surface area contributed by atoms with Crippen molar-refractivity contribution in [3.8, 4) is 5.75 Å². The molecule has 0 bridgehead atoms. The number of benzene rings is 2. The second kappa shape index (κ2) is 6.99. The molecule has 0 aliphatic carbocycles. The highest BCUT2D eigenvalue weighted by molar-refractivity contribution is 6.32. The molecule has 5 heteroatoms. The van der Waals surface area contributed by atoms with Gasteiger partial charge in [-0.1, -0.05) is 23.7 Å². The zero-order valence-corrected chi connectivity index (χ0v) is 12.7. The van der Waals surface area contributed by atoms with Crippen molar-refractivity contribution in [1.29, 1.82) is 0 Å². The maximum absolute atomic E-state index is 12.3. The lowest BCUT2D eigenvalue weighted by atomic mass is 10.1. The number of rotatable bonds is 5. The molecule has 0 fully saturated rings. The van der Waals surface area contributed by atoms with E-state index in [1.165, 1.54) is 0 Å². The lowest BCUT2D eigenvalue weighted by Gasteiger charge is -2.11. The predicted octanol–water partition coefficient (Wildman–Crippen LogP) is 4.03. The summed E-state index contributed by atoms with van der Waals surface area (Å²) in [7, 11) is 1.78. The van der Waals surface area contributed by atoms with E-state index in [4.69, 9.17) is 16.3 Å². The molecular weight excluding hydrogens is 288 g/mol. The first-order valence-corrected chi connectivity index (χ1v) is 7.04. The van der Waals surface area contributed by atoms with E-state index in [2.05, 4.69) is 10.6 Å². The van der Waals surface area contributed by atoms with Crippen LogP contribution in [0, 0.1) is 0 Å². The van der Waals surface area contributed by atoms with Crippen molar-refractivity contribution >= 4 is 28.9 Å². The maximum atomic E-state index is 12.3. The molecule has 0 saturated heterocycles. The summed E-state index contributed by atoms with van der Waals surface area (Å²) < 4.78 is 5.36. The van der Waals surface area contributed by atoms with Gasteiger partial charge in [-0.15, -0.1) is 0 Å². The minimum atomic E-state index is -0.194. The molecule has 0 aromatic heterocycles. The number of carbonyl (C=O) groups is 1. The number of amides is 1. The van der Waals surface area contributed by atoms with E-state index in [1.54, 1.807) is 31.3 Å². The lowest BCUT2D eigenvalue weighted by molar-refractivity contribution is 0.102. The average Bonchev–Trinajstić information content (AvgIpc) is 2.50. The summed E-state index contributed by atoms with van der Waals surface area (Å²) in [6, 6.07) is 12.5. The van der Waals surface area contributed by atoms with Crippen molar-refractivity contribution in [2.45, 2.75) is 6.92 Å². The molecule has 2 aromatic rings. The minimum absolute atomic E-state index is 0.194. The van der Waals surface area contributed by atoms with E-state index in [9.17, 15) is 4.79 Å². The topological polar surface area (TPSA) is 50.4 Å². The number of hydrogen-bond acceptors (Lipinski definition) is 3. The number of nitrogens with one attached hydrogen (secondary N) is 2. The van der Waals surface area contributed by atoms with Crippen molar-refractivity contribution in [3.63, 3.8) is 0 Å². The van der Waals surface area contributed by atoms with Crippen LogP contribution in [-0.2, 0) is 0 Å². The van der Waals surface area contributed by atoms with Gasteiger partial charge in [0.2, 0.25) is 0 Å². The van der Waals surface area contributed by atoms with Gasteiger partial charge in [0.15, 0.2) is 0 Å². The zero-order valence-electron chi connectivity index (χ0n) is 11.9. The highest BCUT2D eigenvalue weighted by Gasteiger charge is 2.11. The molecule has 0 spiro atoms. The lowest BCUT2D eigenvalue weighted by Crippen LogP contribution is -2.13. The van der Waals surface area contributed by atoms with Crippen molar-refractivity contribution in [2.24, 2.45) is 0 Å². The maximum Gasteiger partial charge on any atom is 0.257 e. The predicted molar refractivity (Wildman–Crippen MR) is 86.6 cm³/mol. The summed E-state index contributed by atoms with van der Waals surface area (Å²) in [4.78, 5) is 12.3. The molecule has 110 valence electrons. The van der Waals surface area contributed by atoms with Crippen molar-refractivity contribution in [1.82, 2.24) is 0 Å².